The summed E-state index contributed by atoms with van der Waals surface area (Å²) < 4.78 is 0.860. The van der Waals surface area contributed by atoms with E-state index in [1.54, 1.807) is 0 Å². The van der Waals surface area contributed by atoms with Crippen LogP contribution in [0.5, 0.6) is 0 Å². The molecular formula is C20H19BrN2O. The second-order valence-corrected chi connectivity index (χ2v) is 7.26. The number of rotatable bonds is 1. The number of aryl methyl sites for hydroxylation is 1. The number of H-pyrrole nitrogens is 1. The van der Waals surface area contributed by atoms with Gasteiger partial charge in [0.25, 0.3) is 5.91 Å². The highest BCUT2D eigenvalue weighted by Gasteiger charge is 2.23. The molecule has 1 N–H and O–H groups in total. The molecule has 1 aliphatic heterocycles. The van der Waals surface area contributed by atoms with E-state index in [1.807, 2.05) is 29.2 Å². The first-order chi connectivity index (χ1) is 11.6. The fourth-order valence-corrected chi connectivity index (χ4v) is 3.98. The minimum atomic E-state index is 0.105. The molecule has 0 saturated carbocycles. The molecule has 0 unspecified atom stereocenters. The highest BCUT2D eigenvalue weighted by atomic mass is 79.9. The molecule has 0 aliphatic carbocycles. The summed E-state index contributed by atoms with van der Waals surface area (Å²) in [6.07, 6.45) is 1.77. The summed E-state index contributed by atoms with van der Waals surface area (Å²) in [6, 6.07) is 14.2. The number of nitrogens with zero attached hydrogens (tertiary/aromatic N) is 1. The van der Waals surface area contributed by atoms with Crippen LogP contribution in [0.4, 0.5) is 0 Å². The summed E-state index contributed by atoms with van der Waals surface area (Å²) >= 11 is 3.49. The summed E-state index contributed by atoms with van der Waals surface area (Å²) in [5, 5.41) is 1.31. The average molecular weight is 383 g/mol. The summed E-state index contributed by atoms with van der Waals surface area (Å²) in [7, 11) is 0. The Morgan fingerprint density at radius 2 is 1.92 bits per heavy atom. The third-order valence-electron chi connectivity index (χ3n) is 4.80. The van der Waals surface area contributed by atoms with Gasteiger partial charge in [-0.3, -0.25) is 4.79 Å². The van der Waals surface area contributed by atoms with E-state index in [2.05, 4.69) is 46.0 Å². The van der Waals surface area contributed by atoms with E-state index in [0.29, 0.717) is 0 Å². The van der Waals surface area contributed by atoms with Gasteiger partial charge in [0.2, 0.25) is 0 Å². The molecule has 4 heteroatoms. The van der Waals surface area contributed by atoms with Crippen molar-refractivity contribution in [1.29, 1.82) is 0 Å². The van der Waals surface area contributed by atoms with E-state index >= 15 is 0 Å². The first-order valence-corrected chi connectivity index (χ1v) is 9.06. The van der Waals surface area contributed by atoms with Gasteiger partial charge in [-0.25, -0.2) is 0 Å². The number of halogens is 1. The first kappa shape index (κ1) is 15.5. The van der Waals surface area contributed by atoms with Crippen LogP contribution in [0.15, 0.2) is 46.9 Å². The normalized spacial score (nSPS) is 14.5. The third-order valence-corrected chi connectivity index (χ3v) is 5.50. The Balaban J connectivity index is 1.62. The van der Waals surface area contributed by atoms with Gasteiger partial charge in [-0.15, -0.1) is 0 Å². The molecule has 0 saturated heterocycles. The largest absolute Gasteiger partial charge is 0.358 e. The minimum Gasteiger partial charge on any atom is -0.358 e. The minimum absolute atomic E-state index is 0.105. The first-order valence-electron chi connectivity index (χ1n) is 8.27. The van der Waals surface area contributed by atoms with Crippen molar-refractivity contribution in [3.8, 4) is 0 Å². The molecule has 0 spiro atoms. The average Bonchev–Trinajstić information content (AvgIpc) is 2.78. The number of fused-ring (bicyclic) bond motifs is 3. The molecule has 0 fully saturated rings. The molecule has 4 rings (SSSR count). The lowest BCUT2D eigenvalue weighted by molar-refractivity contribution is 0.0762. The third kappa shape index (κ3) is 2.65. The van der Waals surface area contributed by atoms with Gasteiger partial charge in [0.05, 0.1) is 5.56 Å². The van der Waals surface area contributed by atoms with Crippen molar-refractivity contribution in [2.75, 3.05) is 13.1 Å². The van der Waals surface area contributed by atoms with Crippen molar-refractivity contribution >= 4 is 32.7 Å². The van der Waals surface area contributed by atoms with E-state index in [0.717, 1.165) is 36.0 Å². The maximum atomic E-state index is 12.8. The van der Waals surface area contributed by atoms with Crippen LogP contribution < -0.4 is 0 Å². The Bertz CT molecular complexity index is 929. The molecule has 3 nitrogen and oxygen atoms in total. The second-order valence-electron chi connectivity index (χ2n) is 6.40. The van der Waals surface area contributed by atoms with Crippen molar-refractivity contribution in [2.45, 2.75) is 19.8 Å². The number of amides is 1. The smallest absolute Gasteiger partial charge is 0.255 e. The van der Waals surface area contributed by atoms with Crippen LogP contribution >= 0.6 is 15.9 Å². The summed E-state index contributed by atoms with van der Waals surface area (Å²) in [4.78, 5) is 18.4. The molecule has 1 amide bonds. The van der Waals surface area contributed by atoms with Gasteiger partial charge in [0, 0.05) is 40.6 Å². The van der Waals surface area contributed by atoms with E-state index in [-0.39, 0.29) is 5.91 Å². The molecule has 122 valence electrons. The number of aromatic amines is 1. The topological polar surface area (TPSA) is 36.1 Å². The number of aromatic nitrogens is 1. The molecule has 0 atom stereocenters. The molecule has 1 aliphatic rings. The monoisotopic (exact) mass is 382 g/mol. The van der Waals surface area contributed by atoms with Crippen LogP contribution in [0.25, 0.3) is 10.9 Å². The summed E-state index contributed by atoms with van der Waals surface area (Å²) in [5.41, 5.74) is 5.86. The Kier molecular flexibility index (Phi) is 3.93. The maximum absolute atomic E-state index is 12.8. The molecule has 0 radical (unpaired) electrons. The van der Waals surface area contributed by atoms with Gasteiger partial charge in [-0.2, -0.15) is 0 Å². The molecule has 3 aromatic rings. The number of nitrogens with one attached hydrogen (secondary N) is 1. The van der Waals surface area contributed by atoms with Gasteiger partial charge in [-0.1, -0.05) is 23.8 Å². The number of benzene rings is 2. The van der Waals surface area contributed by atoms with Crippen molar-refractivity contribution in [2.24, 2.45) is 0 Å². The number of hydrogen-bond donors (Lipinski definition) is 1. The lowest BCUT2D eigenvalue weighted by Crippen LogP contribution is -2.33. The van der Waals surface area contributed by atoms with Gasteiger partial charge < -0.3 is 9.88 Å². The van der Waals surface area contributed by atoms with Gasteiger partial charge >= 0.3 is 0 Å². The highest BCUT2D eigenvalue weighted by Crippen LogP contribution is 2.27. The molecule has 2 aromatic carbocycles. The van der Waals surface area contributed by atoms with Crippen LogP contribution in [0.3, 0.4) is 0 Å². The number of hydrogen-bond acceptors (Lipinski definition) is 1. The van der Waals surface area contributed by atoms with E-state index < -0.39 is 0 Å². The maximum Gasteiger partial charge on any atom is 0.255 e. The Morgan fingerprint density at radius 1 is 1.12 bits per heavy atom. The second kappa shape index (κ2) is 6.10. The fourth-order valence-electron chi connectivity index (χ4n) is 3.53. The molecule has 2 heterocycles. The Morgan fingerprint density at radius 3 is 2.75 bits per heavy atom. The number of carbonyl (C=O) groups is 1. The summed E-state index contributed by atoms with van der Waals surface area (Å²) in [6.45, 7) is 3.63. The van der Waals surface area contributed by atoms with Crippen LogP contribution in [0.1, 0.15) is 27.2 Å². The Labute approximate surface area is 149 Å². The zero-order valence-corrected chi connectivity index (χ0v) is 15.2. The molecule has 24 heavy (non-hydrogen) atoms. The van der Waals surface area contributed by atoms with Crippen LogP contribution in [0, 0.1) is 6.92 Å². The van der Waals surface area contributed by atoms with Crippen molar-refractivity contribution in [1.82, 2.24) is 9.88 Å². The van der Waals surface area contributed by atoms with E-state index in [1.165, 1.54) is 27.7 Å². The zero-order valence-electron chi connectivity index (χ0n) is 13.6. The Hall–Kier alpha value is -2.07. The van der Waals surface area contributed by atoms with Gasteiger partial charge in [-0.05, 0) is 59.1 Å². The molecule has 0 bridgehead atoms. The zero-order chi connectivity index (χ0) is 16.7. The fraction of sp³-hybridized carbons (Fsp3) is 0.250. The lowest BCUT2D eigenvalue weighted by Gasteiger charge is -2.21. The van der Waals surface area contributed by atoms with Crippen LogP contribution in [-0.4, -0.2) is 28.9 Å². The summed E-state index contributed by atoms with van der Waals surface area (Å²) in [5.74, 6) is 0.105. The van der Waals surface area contributed by atoms with Crippen LogP contribution in [0.2, 0.25) is 0 Å². The van der Waals surface area contributed by atoms with Crippen LogP contribution in [-0.2, 0) is 12.8 Å². The molecule has 1 aromatic heterocycles. The predicted molar refractivity (Wildman–Crippen MR) is 100 cm³/mol. The highest BCUT2D eigenvalue weighted by molar-refractivity contribution is 9.10. The van der Waals surface area contributed by atoms with Gasteiger partial charge in [0.15, 0.2) is 0 Å². The van der Waals surface area contributed by atoms with Crippen molar-refractivity contribution in [3.05, 3.63) is 69.3 Å². The standard InChI is InChI=1S/C20H19BrN2O/c1-13-6-7-18-16(12-13)14-8-10-23(11-9-19(14)22-18)20(24)15-4-2-3-5-17(15)21/h2-7,12,22H,8-11H2,1H3. The van der Waals surface area contributed by atoms with Gasteiger partial charge in [0.1, 0.15) is 0 Å². The van der Waals surface area contributed by atoms with E-state index in [4.69, 9.17) is 0 Å². The molecular weight excluding hydrogens is 364 g/mol. The van der Waals surface area contributed by atoms with Crippen molar-refractivity contribution in [3.63, 3.8) is 0 Å². The number of carbonyl (C=O) groups excluding carboxylic acids is 1. The predicted octanol–water partition coefficient (Wildman–Crippen LogP) is 4.48. The van der Waals surface area contributed by atoms with Crippen molar-refractivity contribution < 1.29 is 4.79 Å². The lowest BCUT2D eigenvalue weighted by atomic mass is 10.1. The quantitative estimate of drug-likeness (QED) is 0.661. The van der Waals surface area contributed by atoms with E-state index in [9.17, 15) is 4.79 Å². The SMILES string of the molecule is Cc1ccc2[nH]c3c(c2c1)CCN(C(=O)c1ccccc1Br)CC3.